The van der Waals surface area contributed by atoms with E-state index in [4.69, 9.17) is 0 Å². The van der Waals surface area contributed by atoms with Gasteiger partial charge in [-0.2, -0.15) is 0 Å². The second-order valence-corrected chi connectivity index (χ2v) is 5.91. The zero-order chi connectivity index (χ0) is 13.9. The first-order chi connectivity index (χ1) is 9.07. The quantitative estimate of drug-likeness (QED) is 0.823. The highest BCUT2D eigenvalue weighted by atomic mass is 19.1. The minimum absolute atomic E-state index is 0.0316. The van der Waals surface area contributed by atoms with Crippen molar-refractivity contribution in [1.29, 1.82) is 0 Å². The van der Waals surface area contributed by atoms with Crippen molar-refractivity contribution in [2.45, 2.75) is 52.0 Å². The van der Waals surface area contributed by atoms with Gasteiger partial charge < -0.3 is 5.32 Å². The summed E-state index contributed by atoms with van der Waals surface area (Å²) in [6.07, 6.45) is 5.49. The molecule has 0 aromatic heterocycles. The second-order valence-electron chi connectivity index (χ2n) is 5.91. The maximum Gasteiger partial charge on any atom is 0.128 e. The molecule has 1 atom stereocenters. The van der Waals surface area contributed by atoms with Crippen molar-refractivity contribution in [2.24, 2.45) is 5.41 Å². The van der Waals surface area contributed by atoms with Gasteiger partial charge in [0, 0.05) is 11.6 Å². The molecule has 1 fully saturated rings. The molecule has 3 heteroatoms. The van der Waals surface area contributed by atoms with E-state index in [1.54, 1.807) is 0 Å². The third-order valence-corrected chi connectivity index (χ3v) is 4.31. The van der Waals surface area contributed by atoms with Crippen LogP contribution in [-0.4, -0.2) is 6.54 Å². The van der Waals surface area contributed by atoms with Crippen LogP contribution in [0.25, 0.3) is 0 Å². The summed E-state index contributed by atoms with van der Waals surface area (Å²) in [5.41, 5.74) is 0.516. The fourth-order valence-corrected chi connectivity index (χ4v) is 3.23. The van der Waals surface area contributed by atoms with Crippen molar-refractivity contribution in [3.05, 3.63) is 35.4 Å². The monoisotopic (exact) mass is 267 g/mol. The minimum atomic E-state index is -0.360. The summed E-state index contributed by atoms with van der Waals surface area (Å²) in [4.78, 5) is 0. The lowest BCUT2D eigenvalue weighted by atomic mass is 9.77. The zero-order valence-electron chi connectivity index (χ0n) is 11.8. The van der Waals surface area contributed by atoms with E-state index in [0.717, 1.165) is 25.8 Å². The predicted molar refractivity (Wildman–Crippen MR) is 74.0 cm³/mol. The highest BCUT2D eigenvalue weighted by molar-refractivity contribution is 5.25. The van der Waals surface area contributed by atoms with Crippen LogP contribution < -0.4 is 5.32 Å². The number of hydrogen-bond donors (Lipinski definition) is 1. The Hall–Kier alpha value is -0.960. The molecule has 1 aliphatic rings. The van der Waals surface area contributed by atoms with Gasteiger partial charge in [-0.3, -0.25) is 0 Å². The van der Waals surface area contributed by atoms with Gasteiger partial charge >= 0.3 is 0 Å². The summed E-state index contributed by atoms with van der Waals surface area (Å²) in [5, 5.41) is 3.43. The van der Waals surface area contributed by atoms with Crippen molar-refractivity contribution >= 4 is 0 Å². The Bertz CT molecular complexity index is 425. The van der Waals surface area contributed by atoms with Gasteiger partial charge in [-0.1, -0.05) is 26.7 Å². The van der Waals surface area contributed by atoms with Gasteiger partial charge in [-0.15, -0.1) is 0 Å². The van der Waals surface area contributed by atoms with Gasteiger partial charge in [0.25, 0.3) is 0 Å². The summed E-state index contributed by atoms with van der Waals surface area (Å²) in [6, 6.07) is 3.69. The molecule has 19 heavy (non-hydrogen) atoms. The number of hydrogen-bond acceptors (Lipinski definition) is 1. The van der Waals surface area contributed by atoms with Gasteiger partial charge in [-0.25, -0.2) is 8.78 Å². The third kappa shape index (κ3) is 3.14. The van der Waals surface area contributed by atoms with Crippen LogP contribution in [0.15, 0.2) is 18.2 Å². The lowest BCUT2D eigenvalue weighted by Gasteiger charge is -2.35. The number of nitrogens with one attached hydrogen (secondary N) is 1. The van der Waals surface area contributed by atoms with Gasteiger partial charge in [0.2, 0.25) is 0 Å². The third-order valence-electron chi connectivity index (χ3n) is 4.31. The molecule has 0 spiro atoms. The van der Waals surface area contributed by atoms with Crippen LogP contribution in [0.1, 0.15) is 57.6 Å². The van der Waals surface area contributed by atoms with Gasteiger partial charge in [0.15, 0.2) is 0 Å². The van der Waals surface area contributed by atoms with Crippen molar-refractivity contribution < 1.29 is 8.78 Å². The van der Waals surface area contributed by atoms with Crippen LogP contribution in [0.4, 0.5) is 8.78 Å². The van der Waals surface area contributed by atoms with E-state index in [2.05, 4.69) is 19.2 Å². The minimum Gasteiger partial charge on any atom is -0.309 e. The molecule has 1 nitrogen and oxygen atoms in total. The average Bonchev–Trinajstić information content (AvgIpc) is 2.82. The molecule has 2 rings (SSSR count). The van der Waals surface area contributed by atoms with E-state index in [-0.39, 0.29) is 23.1 Å². The topological polar surface area (TPSA) is 12.0 Å². The predicted octanol–water partition coefficient (Wildman–Crippen LogP) is 4.59. The van der Waals surface area contributed by atoms with Crippen molar-refractivity contribution in [2.75, 3.05) is 6.54 Å². The van der Waals surface area contributed by atoms with E-state index in [1.807, 2.05) is 0 Å². The van der Waals surface area contributed by atoms with Crippen LogP contribution in [0.5, 0.6) is 0 Å². The molecule has 0 bridgehead atoms. The second kappa shape index (κ2) is 6.00. The van der Waals surface area contributed by atoms with Crippen molar-refractivity contribution in [3.63, 3.8) is 0 Å². The maximum absolute atomic E-state index is 14.1. The van der Waals surface area contributed by atoms with Crippen LogP contribution in [0, 0.1) is 17.0 Å². The molecule has 1 N–H and O–H groups in total. The number of halogens is 2. The molecule has 1 aromatic carbocycles. The molecule has 1 saturated carbocycles. The van der Waals surface area contributed by atoms with E-state index >= 15 is 0 Å². The van der Waals surface area contributed by atoms with E-state index in [9.17, 15) is 8.78 Å². The lowest BCUT2D eigenvalue weighted by molar-refractivity contribution is 0.218. The first-order valence-corrected chi connectivity index (χ1v) is 7.25. The van der Waals surface area contributed by atoms with Crippen molar-refractivity contribution in [1.82, 2.24) is 5.32 Å². The van der Waals surface area contributed by atoms with Gasteiger partial charge in [-0.05, 0) is 49.4 Å². The van der Waals surface area contributed by atoms with Crippen molar-refractivity contribution in [3.8, 4) is 0 Å². The molecule has 1 aromatic rings. The molecular formula is C16H23F2N. The Balaban J connectivity index is 2.33. The Morgan fingerprint density at radius 2 is 1.95 bits per heavy atom. The van der Waals surface area contributed by atoms with E-state index in [1.165, 1.54) is 31.0 Å². The Morgan fingerprint density at radius 3 is 2.58 bits per heavy atom. The largest absolute Gasteiger partial charge is 0.309 e. The first-order valence-electron chi connectivity index (χ1n) is 7.25. The smallest absolute Gasteiger partial charge is 0.128 e. The Morgan fingerprint density at radius 1 is 1.26 bits per heavy atom. The number of rotatable bonds is 5. The molecular weight excluding hydrogens is 244 g/mol. The lowest BCUT2D eigenvalue weighted by Crippen LogP contribution is -2.35. The first kappa shape index (κ1) is 14.4. The maximum atomic E-state index is 14.1. The molecule has 0 amide bonds. The standard InChI is InChI=1S/C16H23F2N/c1-3-10-19-15(16(2)8-4-5-9-16)13-11-12(17)6-7-14(13)18/h6-7,11,15,19H,3-5,8-10H2,1-2H3. The molecule has 0 heterocycles. The molecule has 106 valence electrons. The SMILES string of the molecule is CCCNC(c1cc(F)ccc1F)C1(C)CCCC1. The fraction of sp³-hybridized carbons (Fsp3) is 0.625. The summed E-state index contributed by atoms with van der Waals surface area (Å²) < 4.78 is 27.5. The van der Waals surface area contributed by atoms with Crippen LogP contribution in [0.3, 0.4) is 0 Å². The van der Waals surface area contributed by atoms with Gasteiger partial charge in [0.05, 0.1) is 0 Å². The average molecular weight is 267 g/mol. The highest BCUT2D eigenvalue weighted by Gasteiger charge is 2.38. The van der Waals surface area contributed by atoms with E-state index < -0.39 is 0 Å². The summed E-state index contributed by atoms with van der Waals surface area (Å²) >= 11 is 0. The highest BCUT2D eigenvalue weighted by Crippen LogP contribution is 2.47. The Labute approximate surface area is 114 Å². The van der Waals surface area contributed by atoms with Crippen LogP contribution in [-0.2, 0) is 0 Å². The van der Waals surface area contributed by atoms with Gasteiger partial charge in [0.1, 0.15) is 11.6 Å². The molecule has 0 saturated heterocycles. The summed E-state index contributed by atoms with van der Waals surface area (Å²) in [6.45, 7) is 5.11. The normalized spacial score (nSPS) is 19.6. The van der Waals surface area contributed by atoms with E-state index in [0.29, 0.717) is 5.56 Å². The zero-order valence-corrected chi connectivity index (χ0v) is 11.8. The van der Waals surface area contributed by atoms with Crippen LogP contribution in [0.2, 0.25) is 0 Å². The molecule has 1 unspecified atom stereocenters. The van der Waals surface area contributed by atoms with Crippen LogP contribution >= 0.6 is 0 Å². The number of benzene rings is 1. The Kier molecular flexibility index (Phi) is 4.56. The molecule has 0 radical (unpaired) electrons. The molecule has 1 aliphatic carbocycles. The molecule has 0 aliphatic heterocycles. The summed E-state index contributed by atoms with van der Waals surface area (Å²) in [5.74, 6) is -0.663. The summed E-state index contributed by atoms with van der Waals surface area (Å²) in [7, 11) is 0. The fourth-order valence-electron chi connectivity index (χ4n) is 3.23.